The number of rotatable bonds is 3. The molecule has 24 heavy (non-hydrogen) atoms. The highest BCUT2D eigenvalue weighted by molar-refractivity contribution is 5.74. The van der Waals surface area contributed by atoms with Gasteiger partial charge in [0.15, 0.2) is 0 Å². The Morgan fingerprint density at radius 2 is 2.04 bits per heavy atom. The Bertz CT molecular complexity index is 824. The number of nitrogens with zero attached hydrogens (tertiary/aromatic N) is 4. The van der Waals surface area contributed by atoms with E-state index in [1.807, 2.05) is 6.92 Å². The minimum absolute atomic E-state index is 0.447. The number of fused-ring (bicyclic) bond motifs is 1. The molecule has 0 saturated carbocycles. The van der Waals surface area contributed by atoms with Crippen molar-refractivity contribution in [2.24, 2.45) is 5.92 Å². The van der Waals surface area contributed by atoms with Crippen LogP contribution in [0.4, 0.5) is 0 Å². The van der Waals surface area contributed by atoms with Crippen molar-refractivity contribution in [1.82, 2.24) is 19.4 Å². The topological polar surface area (TPSA) is 34.0 Å². The van der Waals surface area contributed by atoms with E-state index in [-0.39, 0.29) is 0 Å². The molecule has 1 aliphatic rings. The molecule has 0 N–H and O–H groups in total. The predicted molar refractivity (Wildman–Crippen MR) is 95.6 cm³/mol. The lowest BCUT2D eigenvalue weighted by molar-refractivity contribution is 0.128. The molecule has 0 spiro atoms. The van der Waals surface area contributed by atoms with Gasteiger partial charge in [0.05, 0.1) is 6.04 Å². The van der Waals surface area contributed by atoms with Crippen molar-refractivity contribution in [3.63, 3.8) is 0 Å². The number of aromatic nitrogens is 3. The highest BCUT2D eigenvalue weighted by Crippen LogP contribution is 2.31. The van der Waals surface area contributed by atoms with Crippen LogP contribution in [0.2, 0.25) is 0 Å². The molecule has 0 aliphatic carbocycles. The molecule has 4 rings (SSSR count). The minimum Gasteiger partial charge on any atom is -0.328 e. The van der Waals surface area contributed by atoms with Crippen LogP contribution in [0.5, 0.6) is 0 Å². The largest absolute Gasteiger partial charge is 0.328 e. The Labute approximate surface area is 143 Å². The Kier molecular flexibility index (Phi) is 4.07. The first kappa shape index (κ1) is 15.3. The Morgan fingerprint density at radius 1 is 1.21 bits per heavy atom. The van der Waals surface area contributed by atoms with Crippen molar-refractivity contribution < 1.29 is 0 Å². The number of hydrogen-bond donors (Lipinski definition) is 0. The number of benzene rings is 1. The van der Waals surface area contributed by atoms with Gasteiger partial charge in [-0.3, -0.25) is 4.90 Å². The first-order chi connectivity index (χ1) is 11.7. The van der Waals surface area contributed by atoms with Crippen molar-refractivity contribution in [3.8, 4) is 0 Å². The summed E-state index contributed by atoms with van der Waals surface area (Å²) in [5.41, 5.74) is 2.40. The molecule has 0 amide bonds. The third-order valence-corrected chi connectivity index (χ3v) is 5.10. The second-order valence-electron chi connectivity index (χ2n) is 6.90. The van der Waals surface area contributed by atoms with Gasteiger partial charge in [0.2, 0.25) is 0 Å². The zero-order valence-corrected chi connectivity index (χ0v) is 14.3. The van der Waals surface area contributed by atoms with Gasteiger partial charge in [-0.1, -0.05) is 37.3 Å². The van der Waals surface area contributed by atoms with Gasteiger partial charge in [-0.15, -0.1) is 0 Å². The number of aryl methyl sites for hydroxylation is 1. The normalized spacial score (nSPS) is 22.1. The minimum atomic E-state index is 0.447. The van der Waals surface area contributed by atoms with E-state index in [4.69, 9.17) is 0 Å². The maximum Gasteiger partial charge on any atom is 0.144 e. The first-order valence-corrected chi connectivity index (χ1v) is 8.70. The maximum atomic E-state index is 4.66. The molecule has 2 aromatic heterocycles. The van der Waals surface area contributed by atoms with Crippen LogP contribution in [-0.2, 0) is 6.54 Å². The lowest BCUT2D eigenvalue weighted by Gasteiger charge is -2.38. The van der Waals surface area contributed by atoms with Crippen LogP contribution in [0.15, 0.2) is 42.6 Å². The molecule has 2 atom stereocenters. The Balaban J connectivity index is 1.60. The SMILES string of the molecule is Cc1n[c]c2ccn(C3CN(Cc4ccccc4)CCC3C)c2n1. The molecule has 123 valence electrons. The maximum absolute atomic E-state index is 4.66. The average molecular weight is 319 g/mol. The smallest absolute Gasteiger partial charge is 0.144 e. The molecule has 1 saturated heterocycles. The van der Waals surface area contributed by atoms with Gasteiger partial charge in [0, 0.05) is 24.7 Å². The molecule has 3 aromatic rings. The number of likely N-dealkylation sites (tertiary alicyclic amines) is 1. The quantitative estimate of drug-likeness (QED) is 0.739. The molecule has 1 aliphatic heterocycles. The van der Waals surface area contributed by atoms with Crippen LogP contribution in [0.3, 0.4) is 0 Å². The number of hydrogen-bond acceptors (Lipinski definition) is 3. The zero-order chi connectivity index (χ0) is 16.5. The molecule has 2 unspecified atom stereocenters. The average Bonchev–Trinajstić information content (AvgIpc) is 3.00. The zero-order valence-electron chi connectivity index (χ0n) is 14.3. The van der Waals surface area contributed by atoms with E-state index in [1.54, 1.807) is 0 Å². The van der Waals surface area contributed by atoms with E-state index in [0.29, 0.717) is 12.0 Å². The third-order valence-electron chi connectivity index (χ3n) is 5.10. The molecule has 0 bridgehead atoms. The molecule has 3 heterocycles. The molecule has 1 aromatic carbocycles. The van der Waals surface area contributed by atoms with Gasteiger partial charge in [-0.05, 0) is 37.4 Å². The fourth-order valence-electron chi connectivity index (χ4n) is 3.69. The first-order valence-electron chi connectivity index (χ1n) is 8.70. The van der Waals surface area contributed by atoms with Gasteiger partial charge in [-0.2, -0.15) is 0 Å². The fraction of sp³-hybridized carbons (Fsp3) is 0.400. The van der Waals surface area contributed by atoms with E-state index in [2.05, 4.69) is 75.2 Å². The Hall–Kier alpha value is -2.20. The van der Waals surface area contributed by atoms with Crippen molar-refractivity contribution in [1.29, 1.82) is 0 Å². The summed E-state index contributed by atoms with van der Waals surface area (Å²) in [4.78, 5) is 11.4. The highest BCUT2D eigenvalue weighted by atomic mass is 15.2. The van der Waals surface area contributed by atoms with Crippen molar-refractivity contribution >= 4 is 11.0 Å². The van der Waals surface area contributed by atoms with E-state index in [1.165, 1.54) is 12.0 Å². The lowest BCUT2D eigenvalue weighted by atomic mass is 9.93. The van der Waals surface area contributed by atoms with E-state index in [0.717, 1.165) is 36.5 Å². The summed E-state index contributed by atoms with van der Waals surface area (Å²) >= 11 is 0. The molecule has 4 nitrogen and oxygen atoms in total. The number of piperidine rings is 1. The van der Waals surface area contributed by atoms with Gasteiger partial charge in [0.25, 0.3) is 0 Å². The van der Waals surface area contributed by atoms with Gasteiger partial charge in [-0.25, -0.2) is 9.97 Å². The molecule has 1 radical (unpaired) electrons. The third kappa shape index (κ3) is 2.94. The summed E-state index contributed by atoms with van der Waals surface area (Å²) in [7, 11) is 0. The lowest BCUT2D eigenvalue weighted by Crippen LogP contribution is -2.40. The van der Waals surface area contributed by atoms with Crippen LogP contribution in [0, 0.1) is 19.0 Å². The highest BCUT2D eigenvalue weighted by Gasteiger charge is 2.28. The summed E-state index contributed by atoms with van der Waals surface area (Å²) in [6.45, 7) is 7.52. The van der Waals surface area contributed by atoms with E-state index in [9.17, 15) is 0 Å². The van der Waals surface area contributed by atoms with E-state index < -0.39 is 0 Å². The monoisotopic (exact) mass is 319 g/mol. The molecular formula is C20H23N4. The van der Waals surface area contributed by atoms with Crippen LogP contribution in [0.1, 0.15) is 30.8 Å². The van der Waals surface area contributed by atoms with Crippen molar-refractivity contribution in [2.75, 3.05) is 13.1 Å². The van der Waals surface area contributed by atoms with Gasteiger partial charge < -0.3 is 4.57 Å². The summed E-state index contributed by atoms with van der Waals surface area (Å²) in [5.74, 6) is 1.43. The second kappa shape index (κ2) is 6.36. The summed E-state index contributed by atoms with van der Waals surface area (Å²) in [6, 6.07) is 13.3. The van der Waals surface area contributed by atoms with Crippen molar-refractivity contribution in [3.05, 3.63) is 60.2 Å². The molecular weight excluding hydrogens is 296 g/mol. The van der Waals surface area contributed by atoms with Gasteiger partial charge >= 0.3 is 0 Å². The summed E-state index contributed by atoms with van der Waals surface area (Å²) in [6.07, 6.45) is 6.47. The molecule has 1 fully saturated rings. The van der Waals surface area contributed by atoms with Crippen LogP contribution in [-0.4, -0.2) is 32.5 Å². The van der Waals surface area contributed by atoms with Crippen molar-refractivity contribution in [2.45, 2.75) is 32.9 Å². The van der Waals surface area contributed by atoms with Crippen LogP contribution < -0.4 is 0 Å². The summed E-state index contributed by atoms with van der Waals surface area (Å²) < 4.78 is 2.34. The fourth-order valence-corrected chi connectivity index (χ4v) is 3.69. The molecule has 4 heteroatoms. The Morgan fingerprint density at radius 3 is 2.88 bits per heavy atom. The summed E-state index contributed by atoms with van der Waals surface area (Å²) in [5, 5.41) is 1.01. The second-order valence-corrected chi connectivity index (χ2v) is 6.90. The standard InChI is InChI=1S/C20H23N4/c1-15-8-10-23(13-17-6-4-3-5-7-17)14-19(15)24-11-9-18-12-21-16(2)22-20(18)24/h3-7,9,11,15,19H,8,10,13-14H2,1-2H3. The van der Waals surface area contributed by atoms with Crippen LogP contribution >= 0.6 is 0 Å². The van der Waals surface area contributed by atoms with Crippen LogP contribution in [0.25, 0.3) is 11.0 Å². The van der Waals surface area contributed by atoms with E-state index >= 15 is 0 Å². The predicted octanol–water partition coefficient (Wildman–Crippen LogP) is 3.62. The van der Waals surface area contributed by atoms with Gasteiger partial charge in [0.1, 0.15) is 17.7 Å².